The Morgan fingerprint density at radius 2 is 2.03 bits per heavy atom. The summed E-state index contributed by atoms with van der Waals surface area (Å²) in [4.78, 5) is 28.1. The summed E-state index contributed by atoms with van der Waals surface area (Å²) in [5.74, 6) is 1.41. The van der Waals surface area contributed by atoms with E-state index in [-0.39, 0.29) is 25.2 Å². The van der Waals surface area contributed by atoms with Gasteiger partial charge in [0.2, 0.25) is 0 Å². The Labute approximate surface area is 186 Å². The number of aliphatic hydroxyl groups excluding tert-OH is 1. The standard InChI is InChI=1S/C23H26N6O3/c1-16-15-32-13-11-29(16)21-14-20(19-4-2-3-9-24-19)27-22(28-21)17-5-7-18(8-6-17)26-23(31)25-10-12-30/h2-9,14,16,30H,10-13,15H2,1H3,(H2,25,26,31)/t16-/m0/s1. The fourth-order valence-corrected chi connectivity index (χ4v) is 3.47. The van der Waals surface area contributed by atoms with Gasteiger partial charge in [0.25, 0.3) is 0 Å². The van der Waals surface area contributed by atoms with E-state index in [2.05, 4.69) is 27.4 Å². The van der Waals surface area contributed by atoms with Gasteiger partial charge in [-0.3, -0.25) is 4.98 Å². The minimum atomic E-state index is -0.371. The molecule has 1 fully saturated rings. The first-order valence-corrected chi connectivity index (χ1v) is 10.5. The lowest BCUT2D eigenvalue weighted by molar-refractivity contribution is 0.0985. The molecule has 9 heteroatoms. The van der Waals surface area contributed by atoms with Crippen molar-refractivity contribution in [3.05, 3.63) is 54.7 Å². The number of pyridine rings is 1. The van der Waals surface area contributed by atoms with Crippen LogP contribution in [-0.2, 0) is 4.74 Å². The van der Waals surface area contributed by atoms with E-state index in [0.717, 1.165) is 29.3 Å². The zero-order valence-electron chi connectivity index (χ0n) is 17.9. The molecule has 2 aromatic heterocycles. The van der Waals surface area contributed by atoms with Gasteiger partial charge < -0.3 is 25.4 Å². The molecule has 32 heavy (non-hydrogen) atoms. The van der Waals surface area contributed by atoms with E-state index in [1.54, 1.807) is 18.3 Å². The van der Waals surface area contributed by atoms with Crippen LogP contribution in [0.2, 0.25) is 0 Å². The van der Waals surface area contributed by atoms with Gasteiger partial charge in [0, 0.05) is 36.6 Å². The van der Waals surface area contributed by atoms with Gasteiger partial charge in [0.15, 0.2) is 5.82 Å². The molecule has 1 saturated heterocycles. The summed E-state index contributed by atoms with van der Waals surface area (Å²) in [5.41, 5.74) is 2.98. The zero-order valence-corrected chi connectivity index (χ0v) is 17.9. The molecule has 0 unspecified atom stereocenters. The summed E-state index contributed by atoms with van der Waals surface area (Å²) in [6, 6.07) is 14.9. The summed E-state index contributed by atoms with van der Waals surface area (Å²) >= 11 is 0. The van der Waals surface area contributed by atoms with Gasteiger partial charge >= 0.3 is 6.03 Å². The Balaban J connectivity index is 1.65. The highest BCUT2D eigenvalue weighted by atomic mass is 16.5. The Hall–Kier alpha value is -3.56. The monoisotopic (exact) mass is 434 g/mol. The third-order valence-electron chi connectivity index (χ3n) is 5.10. The third-order valence-corrected chi connectivity index (χ3v) is 5.10. The number of morpholine rings is 1. The number of anilines is 2. The number of nitrogens with zero attached hydrogens (tertiary/aromatic N) is 4. The number of benzene rings is 1. The molecule has 0 saturated carbocycles. The highest BCUT2D eigenvalue weighted by molar-refractivity contribution is 5.89. The molecule has 1 atom stereocenters. The number of amides is 2. The predicted octanol–water partition coefficient (Wildman–Crippen LogP) is 2.54. The molecule has 166 valence electrons. The van der Waals surface area contributed by atoms with Gasteiger partial charge in [-0.15, -0.1) is 0 Å². The number of carbonyl (C=O) groups is 1. The number of urea groups is 1. The first-order valence-electron chi connectivity index (χ1n) is 10.5. The molecule has 0 spiro atoms. The third kappa shape index (κ3) is 5.19. The second kappa shape index (κ2) is 10.2. The summed E-state index contributed by atoms with van der Waals surface area (Å²) in [6.07, 6.45) is 1.75. The number of hydrogen-bond donors (Lipinski definition) is 3. The van der Waals surface area contributed by atoms with Crippen molar-refractivity contribution in [2.75, 3.05) is 43.1 Å². The summed E-state index contributed by atoms with van der Waals surface area (Å²) in [7, 11) is 0. The number of nitrogens with one attached hydrogen (secondary N) is 2. The minimum Gasteiger partial charge on any atom is -0.395 e. The largest absolute Gasteiger partial charge is 0.395 e. The van der Waals surface area contributed by atoms with Crippen LogP contribution in [0.3, 0.4) is 0 Å². The Morgan fingerprint density at radius 3 is 2.75 bits per heavy atom. The zero-order chi connectivity index (χ0) is 22.3. The van der Waals surface area contributed by atoms with E-state index in [9.17, 15) is 4.79 Å². The molecule has 3 heterocycles. The molecule has 1 aliphatic heterocycles. The minimum absolute atomic E-state index is 0.111. The van der Waals surface area contributed by atoms with E-state index < -0.39 is 0 Å². The van der Waals surface area contributed by atoms with Crippen molar-refractivity contribution in [2.45, 2.75) is 13.0 Å². The molecule has 4 rings (SSSR count). The fraction of sp³-hybridized carbons (Fsp3) is 0.304. The summed E-state index contributed by atoms with van der Waals surface area (Å²) in [5, 5.41) is 14.1. The second-order valence-corrected chi connectivity index (χ2v) is 7.45. The Bertz CT molecular complexity index is 1050. The van der Waals surface area contributed by atoms with Crippen molar-refractivity contribution in [3.8, 4) is 22.8 Å². The SMILES string of the molecule is C[C@H]1COCCN1c1cc(-c2ccccn2)nc(-c2ccc(NC(=O)NCCO)cc2)n1. The highest BCUT2D eigenvalue weighted by Crippen LogP contribution is 2.27. The molecule has 0 aliphatic carbocycles. The van der Waals surface area contributed by atoms with E-state index >= 15 is 0 Å². The van der Waals surface area contributed by atoms with Crippen molar-refractivity contribution in [2.24, 2.45) is 0 Å². The van der Waals surface area contributed by atoms with Crippen molar-refractivity contribution < 1.29 is 14.6 Å². The molecule has 0 radical (unpaired) electrons. The fourth-order valence-electron chi connectivity index (χ4n) is 3.47. The van der Waals surface area contributed by atoms with Gasteiger partial charge in [-0.25, -0.2) is 14.8 Å². The van der Waals surface area contributed by atoms with Gasteiger partial charge in [-0.2, -0.15) is 0 Å². The number of aromatic nitrogens is 3. The number of carbonyl (C=O) groups excluding carboxylic acids is 1. The number of ether oxygens (including phenoxy) is 1. The molecular formula is C23H26N6O3. The van der Waals surface area contributed by atoms with Crippen LogP contribution in [0, 0.1) is 0 Å². The van der Waals surface area contributed by atoms with Gasteiger partial charge in [-0.05, 0) is 43.3 Å². The quantitative estimate of drug-likeness (QED) is 0.546. The smallest absolute Gasteiger partial charge is 0.319 e. The van der Waals surface area contributed by atoms with Gasteiger partial charge in [-0.1, -0.05) is 6.07 Å². The first-order chi connectivity index (χ1) is 15.6. The van der Waals surface area contributed by atoms with Crippen LogP contribution in [0.5, 0.6) is 0 Å². The Kier molecular flexibility index (Phi) is 6.88. The molecule has 1 aromatic carbocycles. The van der Waals surface area contributed by atoms with Crippen molar-refractivity contribution in [1.29, 1.82) is 0 Å². The van der Waals surface area contributed by atoms with Crippen LogP contribution in [0.25, 0.3) is 22.8 Å². The lowest BCUT2D eigenvalue weighted by Gasteiger charge is -2.34. The second-order valence-electron chi connectivity index (χ2n) is 7.45. The number of aliphatic hydroxyl groups is 1. The van der Waals surface area contributed by atoms with Crippen LogP contribution >= 0.6 is 0 Å². The normalized spacial score (nSPS) is 15.9. The molecule has 3 aromatic rings. The van der Waals surface area contributed by atoms with Crippen molar-refractivity contribution in [1.82, 2.24) is 20.3 Å². The average Bonchev–Trinajstić information content (AvgIpc) is 2.84. The molecule has 2 amide bonds. The van der Waals surface area contributed by atoms with Crippen LogP contribution in [-0.4, -0.2) is 65.0 Å². The van der Waals surface area contributed by atoms with E-state index in [0.29, 0.717) is 24.7 Å². The summed E-state index contributed by atoms with van der Waals surface area (Å²) < 4.78 is 5.58. The van der Waals surface area contributed by atoms with Gasteiger partial charge in [0.05, 0.1) is 37.3 Å². The van der Waals surface area contributed by atoms with Crippen LogP contribution in [0.4, 0.5) is 16.3 Å². The molecule has 1 aliphatic rings. The Morgan fingerprint density at radius 1 is 1.19 bits per heavy atom. The topological polar surface area (TPSA) is 112 Å². The predicted molar refractivity (Wildman–Crippen MR) is 122 cm³/mol. The van der Waals surface area contributed by atoms with Crippen molar-refractivity contribution >= 4 is 17.5 Å². The number of hydrogen-bond acceptors (Lipinski definition) is 7. The number of rotatable bonds is 6. The summed E-state index contributed by atoms with van der Waals surface area (Å²) in [6.45, 7) is 4.26. The molecule has 9 nitrogen and oxygen atoms in total. The van der Waals surface area contributed by atoms with E-state index in [1.165, 1.54) is 0 Å². The van der Waals surface area contributed by atoms with E-state index in [1.807, 2.05) is 36.4 Å². The lowest BCUT2D eigenvalue weighted by Crippen LogP contribution is -2.44. The maximum Gasteiger partial charge on any atom is 0.319 e. The average molecular weight is 435 g/mol. The van der Waals surface area contributed by atoms with Gasteiger partial charge in [0.1, 0.15) is 5.82 Å². The lowest BCUT2D eigenvalue weighted by atomic mass is 10.1. The van der Waals surface area contributed by atoms with Crippen LogP contribution in [0.1, 0.15) is 6.92 Å². The highest BCUT2D eigenvalue weighted by Gasteiger charge is 2.22. The first kappa shape index (κ1) is 21.7. The maximum absolute atomic E-state index is 11.8. The van der Waals surface area contributed by atoms with Crippen LogP contribution in [0.15, 0.2) is 54.7 Å². The maximum atomic E-state index is 11.8. The van der Waals surface area contributed by atoms with E-state index in [4.69, 9.17) is 19.8 Å². The van der Waals surface area contributed by atoms with Crippen LogP contribution < -0.4 is 15.5 Å². The molecule has 3 N–H and O–H groups in total. The van der Waals surface area contributed by atoms with Crippen molar-refractivity contribution in [3.63, 3.8) is 0 Å². The molecule has 0 bridgehead atoms. The molecular weight excluding hydrogens is 408 g/mol.